The van der Waals surface area contributed by atoms with E-state index in [4.69, 9.17) is 15.2 Å². The highest BCUT2D eigenvalue weighted by molar-refractivity contribution is 6.10. The second-order valence-corrected chi connectivity index (χ2v) is 31.0. The number of hydrogen-bond donors (Lipinski definition) is 1. The summed E-state index contributed by atoms with van der Waals surface area (Å²) in [6, 6.07) is 12.7. The molecule has 0 spiro atoms. The number of rotatable bonds is 18. The zero-order valence-electron chi connectivity index (χ0n) is 53.2. The summed E-state index contributed by atoms with van der Waals surface area (Å²) < 4.78 is 18.0. The van der Waals surface area contributed by atoms with Crippen molar-refractivity contribution >= 4 is 45.3 Å². The lowest BCUT2D eigenvalue weighted by Crippen LogP contribution is -2.54. The minimum absolute atomic E-state index is 0.0150. The number of benzene rings is 2. The molecule has 0 amide bonds. The number of ether oxygens (including phenoxy) is 2. The molecule has 464 valence electrons. The number of carbonyl (C=O) groups excluding carboxylic acids is 4. The molecule has 18 atom stereocenters. The molecule has 8 fully saturated rings. The summed E-state index contributed by atoms with van der Waals surface area (Å²) in [5, 5.41) is 20.1. The van der Waals surface area contributed by atoms with Gasteiger partial charge in [0.05, 0.1) is 12.4 Å². The van der Waals surface area contributed by atoms with Crippen LogP contribution in [0.2, 0.25) is 0 Å². The number of fused-ring (bicyclic) bond motifs is 13. The van der Waals surface area contributed by atoms with Gasteiger partial charge in [0.2, 0.25) is 0 Å². The van der Waals surface area contributed by atoms with Crippen LogP contribution in [0.1, 0.15) is 197 Å². The first kappa shape index (κ1) is 59.7. The Morgan fingerprint density at radius 3 is 1.40 bits per heavy atom. The Labute approximate surface area is 511 Å². The molecule has 86 heavy (non-hydrogen) atoms. The molecule has 0 bridgehead atoms. The molecule has 8 unspecified atom stereocenters. The Bertz CT molecular complexity index is 3150. The van der Waals surface area contributed by atoms with E-state index in [1.807, 2.05) is 12.4 Å². The smallest absolute Gasteiger partial charge is 0.328 e. The van der Waals surface area contributed by atoms with Crippen molar-refractivity contribution in [1.82, 2.24) is 34.6 Å². The van der Waals surface area contributed by atoms with Crippen LogP contribution in [-0.2, 0) is 48.3 Å². The largest absolute Gasteiger partial charge is 0.461 e. The summed E-state index contributed by atoms with van der Waals surface area (Å²) in [4.78, 5) is 51.0. The van der Waals surface area contributed by atoms with E-state index >= 15 is 0 Å². The zero-order chi connectivity index (χ0) is 60.0. The molecule has 0 radical (unpaired) electrons. The van der Waals surface area contributed by atoms with Crippen molar-refractivity contribution in [3.63, 3.8) is 0 Å². The molecule has 5 aromatic rings. The van der Waals surface area contributed by atoms with E-state index in [9.17, 15) is 19.2 Å². The molecule has 2 N–H and O–H groups in total. The van der Waals surface area contributed by atoms with Gasteiger partial charge in [-0.05, 0) is 247 Å². The standard InChI is InChI=1S/C72H100N8O6/c1-43(9-11-45(3)81)57-21-23-59-55-19-15-49-37-51(25-29-69(49,5)61(55)27-31-71(57,59)7)85-67(83)41-78-39-63(74-76-78)47-13-17-53-54-18-14-48(36-66(54)80(34-33-73)65(53)35-47)64-40-79(77-75-64)42-68(84)86-52-26-30-70(6)50(38-52)16-20-56-60-24-22-58(44(2)10-12-46(4)82)72(60,8)32-28-62(56)70/h13-14,17-18,35-36,39-40,43-44,49-52,55-62H,9-12,15-16,19-34,37-38,41-42,73H2,1-8H3/t43-,44-,49-,50-,51-,52-,55+,56+,57?,58?,59+,60+,61?,62?,69?,70?,71?,72?/m1/s1. The maximum absolute atomic E-state index is 13.6. The highest BCUT2D eigenvalue weighted by Gasteiger charge is 2.63. The lowest BCUT2D eigenvalue weighted by Gasteiger charge is -2.61. The van der Waals surface area contributed by atoms with Gasteiger partial charge in [0.25, 0.3) is 0 Å². The van der Waals surface area contributed by atoms with E-state index in [-0.39, 0.29) is 37.2 Å². The molecule has 14 nitrogen and oxygen atoms in total. The Hall–Kier alpha value is -5.24. The van der Waals surface area contributed by atoms with Crippen molar-refractivity contribution in [2.75, 3.05) is 6.54 Å². The average Bonchev–Trinajstić information content (AvgIpc) is 1.32. The molecular weight excluding hydrogens is 1070 g/mol. The van der Waals surface area contributed by atoms with Crippen LogP contribution >= 0.6 is 0 Å². The molecule has 8 aliphatic rings. The number of aromatic nitrogens is 7. The fourth-order valence-electron chi connectivity index (χ4n) is 22.4. The maximum atomic E-state index is 13.6. The van der Waals surface area contributed by atoms with Gasteiger partial charge in [-0.1, -0.05) is 76.2 Å². The van der Waals surface area contributed by atoms with Crippen molar-refractivity contribution in [2.24, 2.45) is 98.4 Å². The van der Waals surface area contributed by atoms with Crippen molar-refractivity contribution in [1.29, 1.82) is 0 Å². The molecule has 8 saturated carbocycles. The maximum Gasteiger partial charge on any atom is 0.328 e. The minimum atomic E-state index is -0.258. The van der Waals surface area contributed by atoms with Crippen LogP contribution < -0.4 is 5.73 Å². The predicted molar refractivity (Wildman–Crippen MR) is 335 cm³/mol. The fourth-order valence-corrected chi connectivity index (χ4v) is 22.4. The van der Waals surface area contributed by atoms with Crippen LogP contribution in [0, 0.1) is 92.7 Å². The monoisotopic (exact) mass is 1170 g/mol. The Kier molecular flexibility index (Phi) is 16.2. The van der Waals surface area contributed by atoms with Crippen molar-refractivity contribution in [3.05, 3.63) is 48.8 Å². The van der Waals surface area contributed by atoms with Crippen LogP contribution in [0.25, 0.3) is 44.3 Å². The van der Waals surface area contributed by atoms with Crippen molar-refractivity contribution < 1.29 is 28.7 Å². The quantitative estimate of drug-likeness (QED) is 0.0825. The number of hydrogen-bond acceptors (Lipinski definition) is 11. The Morgan fingerprint density at radius 2 is 0.977 bits per heavy atom. The SMILES string of the molecule is CC(=O)CC[C@@H](C)C1CC[C@H]2[C@@H]3CC[C@@H]4C[C@H](OC(=O)Cn5cc(-c6ccc7c8ccc(-c9cn(CC(=O)O[C@@H]%10CCC%11(C)C%12CCC%13(C)C([C@H](C)CCC(C)=O)CC[C@H]%13[C@@H]%12CC[C@@H]%11C%10)nn9)cc8n(CCN)c7c6)nn5)CCC4(C)C3CCC12C. The van der Waals surface area contributed by atoms with Crippen LogP contribution in [0.3, 0.4) is 0 Å². The van der Waals surface area contributed by atoms with Crippen LogP contribution in [0.15, 0.2) is 48.8 Å². The number of carbonyl (C=O) groups is 4. The first-order valence-electron chi connectivity index (χ1n) is 34.2. The summed E-state index contributed by atoms with van der Waals surface area (Å²) in [7, 11) is 0. The number of Topliss-reactive ketones (excluding diaryl/α,β-unsaturated/α-hetero) is 2. The predicted octanol–water partition coefficient (Wildman–Crippen LogP) is 14.4. The summed E-state index contributed by atoms with van der Waals surface area (Å²) >= 11 is 0. The third-order valence-corrected chi connectivity index (χ3v) is 26.7. The van der Waals surface area contributed by atoms with Crippen LogP contribution in [0.5, 0.6) is 0 Å². The van der Waals surface area contributed by atoms with Crippen LogP contribution in [0.4, 0.5) is 0 Å². The molecule has 8 aliphatic carbocycles. The first-order valence-corrected chi connectivity index (χ1v) is 34.2. The first-order chi connectivity index (χ1) is 41.3. The third-order valence-electron chi connectivity index (χ3n) is 26.7. The lowest BCUT2D eigenvalue weighted by molar-refractivity contribution is -0.164. The van der Waals surface area contributed by atoms with E-state index in [1.54, 1.807) is 23.2 Å². The molecule has 3 heterocycles. The van der Waals surface area contributed by atoms with E-state index in [2.05, 4.69) is 103 Å². The van der Waals surface area contributed by atoms with Crippen molar-refractivity contribution in [3.8, 4) is 22.5 Å². The van der Waals surface area contributed by atoms with Gasteiger partial charge >= 0.3 is 11.9 Å². The van der Waals surface area contributed by atoms with Gasteiger partial charge in [-0.2, -0.15) is 0 Å². The molecule has 3 aromatic heterocycles. The molecule has 2 aromatic carbocycles. The topological polar surface area (TPSA) is 179 Å². The number of nitrogens with zero attached hydrogens (tertiary/aromatic N) is 7. The highest BCUT2D eigenvalue weighted by Crippen LogP contribution is 2.70. The number of esters is 2. The van der Waals surface area contributed by atoms with Gasteiger partial charge in [0.15, 0.2) is 0 Å². The zero-order valence-corrected chi connectivity index (χ0v) is 53.2. The van der Waals surface area contributed by atoms with Gasteiger partial charge in [-0.15, -0.1) is 10.2 Å². The lowest BCUT2D eigenvalue weighted by atomic mass is 9.44. The Morgan fingerprint density at radius 1 is 0.558 bits per heavy atom. The van der Waals surface area contributed by atoms with E-state index in [0.29, 0.717) is 94.2 Å². The molecule has 13 rings (SSSR count). The summed E-state index contributed by atoms with van der Waals surface area (Å²) in [5.41, 5.74) is 12.9. The van der Waals surface area contributed by atoms with Gasteiger partial charge in [0.1, 0.15) is 48.3 Å². The minimum Gasteiger partial charge on any atom is -0.461 e. The molecule has 0 aliphatic heterocycles. The number of ketones is 2. The van der Waals surface area contributed by atoms with Crippen molar-refractivity contribution in [2.45, 2.75) is 228 Å². The van der Waals surface area contributed by atoms with Gasteiger partial charge < -0.3 is 29.4 Å². The molecule has 14 heteroatoms. The number of nitrogens with two attached hydrogens (primary N) is 1. The fraction of sp³-hybridized carbons (Fsp3) is 0.722. The molecule has 0 saturated heterocycles. The summed E-state index contributed by atoms with van der Waals surface area (Å²) in [6.07, 6.45) is 28.6. The highest BCUT2D eigenvalue weighted by atomic mass is 16.5. The second kappa shape index (κ2) is 23.3. The van der Waals surface area contributed by atoms with Gasteiger partial charge in [-0.25, -0.2) is 9.36 Å². The summed E-state index contributed by atoms with van der Waals surface area (Å²) in [6.45, 7) is 19.8. The summed E-state index contributed by atoms with van der Waals surface area (Å²) in [5.74, 6) is 8.59. The van der Waals surface area contributed by atoms with E-state index in [1.165, 1.54) is 77.0 Å². The molecular formula is C72H100N8O6. The van der Waals surface area contributed by atoms with Gasteiger partial charge in [-0.3, -0.25) is 9.59 Å². The second-order valence-electron chi connectivity index (χ2n) is 31.0. The Balaban J connectivity index is 0.607. The third kappa shape index (κ3) is 10.6. The normalized spacial score (nSPS) is 36.2. The average molecular weight is 1170 g/mol. The van der Waals surface area contributed by atoms with Crippen LogP contribution in [-0.4, -0.2) is 76.8 Å². The van der Waals surface area contributed by atoms with E-state index in [0.717, 1.165) is 132 Å². The van der Waals surface area contributed by atoms with Gasteiger partial charge in [0, 0.05) is 58.9 Å². The van der Waals surface area contributed by atoms with E-state index < -0.39 is 0 Å².